The van der Waals surface area contributed by atoms with E-state index in [4.69, 9.17) is 5.26 Å². The van der Waals surface area contributed by atoms with Crippen LogP contribution in [0.2, 0.25) is 0 Å². The van der Waals surface area contributed by atoms with E-state index in [1.54, 1.807) is 0 Å². The first kappa shape index (κ1) is 15.2. The predicted octanol–water partition coefficient (Wildman–Crippen LogP) is -0.710. The molecule has 0 spiro atoms. The Morgan fingerprint density at radius 2 is 1.70 bits per heavy atom. The summed E-state index contributed by atoms with van der Waals surface area (Å²) in [6, 6.07) is 2.25. The molecule has 0 aromatic rings. The molecule has 0 radical (unpaired) electrons. The van der Waals surface area contributed by atoms with E-state index >= 15 is 0 Å². The number of hydrogen-bond donors (Lipinski definition) is 0. The fourth-order valence-electron chi connectivity index (χ4n) is 2.74. The molecule has 2 aliphatic heterocycles. The van der Waals surface area contributed by atoms with Crippen molar-refractivity contribution < 1.29 is 4.79 Å². The van der Waals surface area contributed by atoms with Gasteiger partial charge in [0.25, 0.3) is 0 Å². The average Bonchev–Trinajstić information content (AvgIpc) is 2.48. The average molecular weight is 279 g/mol. The third-order valence-corrected chi connectivity index (χ3v) is 4.36. The molecule has 2 fully saturated rings. The molecule has 0 aromatic carbocycles. The summed E-state index contributed by atoms with van der Waals surface area (Å²) in [5.41, 5.74) is 0. The second kappa shape index (κ2) is 7.02. The zero-order chi connectivity index (χ0) is 14.5. The summed E-state index contributed by atoms with van der Waals surface area (Å²) in [5, 5.41) is 8.92. The quantitative estimate of drug-likeness (QED) is 0.683. The second-order valence-corrected chi connectivity index (χ2v) is 5.80. The van der Waals surface area contributed by atoms with Crippen molar-refractivity contribution in [3.8, 4) is 6.07 Å². The fraction of sp³-hybridized carbons (Fsp3) is 0.857. The normalized spacial score (nSPS) is 24.4. The van der Waals surface area contributed by atoms with Crippen LogP contribution in [0.15, 0.2) is 0 Å². The van der Waals surface area contributed by atoms with Crippen molar-refractivity contribution in [3.05, 3.63) is 0 Å². The Morgan fingerprint density at radius 1 is 1.10 bits per heavy atom. The molecule has 20 heavy (non-hydrogen) atoms. The van der Waals surface area contributed by atoms with Crippen LogP contribution in [0, 0.1) is 11.3 Å². The van der Waals surface area contributed by atoms with Gasteiger partial charge in [0.2, 0.25) is 5.91 Å². The Kier molecular flexibility index (Phi) is 5.35. The van der Waals surface area contributed by atoms with Crippen molar-refractivity contribution in [1.29, 1.82) is 5.26 Å². The summed E-state index contributed by atoms with van der Waals surface area (Å²) in [7, 11) is 2.09. The highest BCUT2D eigenvalue weighted by molar-refractivity contribution is 5.78. The molecule has 112 valence electrons. The van der Waals surface area contributed by atoms with E-state index in [0.29, 0.717) is 6.54 Å². The summed E-state index contributed by atoms with van der Waals surface area (Å²) in [5.74, 6) is 0.250. The minimum atomic E-state index is -0.0227. The third-order valence-electron chi connectivity index (χ3n) is 4.36. The van der Waals surface area contributed by atoms with Gasteiger partial charge in [0.1, 0.15) is 0 Å². The first-order valence-electron chi connectivity index (χ1n) is 7.42. The van der Waals surface area contributed by atoms with Gasteiger partial charge in [-0.25, -0.2) is 0 Å². The van der Waals surface area contributed by atoms with E-state index in [1.807, 2.05) is 11.8 Å². The molecule has 0 N–H and O–H groups in total. The Labute approximate surface area is 121 Å². The number of piperazine rings is 2. The molecule has 6 nitrogen and oxygen atoms in total. The van der Waals surface area contributed by atoms with E-state index in [9.17, 15) is 4.79 Å². The number of hydrogen-bond acceptors (Lipinski definition) is 5. The highest BCUT2D eigenvalue weighted by Crippen LogP contribution is 2.07. The van der Waals surface area contributed by atoms with Gasteiger partial charge in [0.05, 0.1) is 18.7 Å². The summed E-state index contributed by atoms with van der Waals surface area (Å²) >= 11 is 0. The molecule has 2 heterocycles. The zero-order valence-electron chi connectivity index (χ0n) is 12.6. The van der Waals surface area contributed by atoms with E-state index < -0.39 is 0 Å². The number of carbonyl (C=O) groups is 1. The Hall–Kier alpha value is -1.16. The Bertz CT molecular complexity index is 364. The van der Waals surface area contributed by atoms with Crippen LogP contribution in [0.3, 0.4) is 0 Å². The molecule has 6 heteroatoms. The van der Waals surface area contributed by atoms with E-state index in [2.05, 4.69) is 27.8 Å². The standard InChI is InChI=1S/C14H25N5O/c1-13(11-15)18-9-5-17(6-10-18)12-14(20)19-7-3-16(2)4-8-19/h13H,3-10,12H2,1-2H3. The van der Waals surface area contributed by atoms with E-state index in [0.717, 1.165) is 52.4 Å². The van der Waals surface area contributed by atoms with Crippen molar-refractivity contribution in [2.24, 2.45) is 0 Å². The minimum Gasteiger partial charge on any atom is -0.339 e. The Morgan fingerprint density at radius 3 is 2.25 bits per heavy atom. The van der Waals surface area contributed by atoms with Crippen molar-refractivity contribution >= 4 is 5.91 Å². The lowest BCUT2D eigenvalue weighted by Gasteiger charge is -2.37. The number of nitrogens with zero attached hydrogens (tertiary/aromatic N) is 5. The minimum absolute atomic E-state index is 0.0227. The zero-order valence-corrected chi connectivity index (χ0v) is 12.6. The first-order valence-corrected chi connectivity index (χ1v) is 7.42. The summed E-state index contributed by atoms with van der Waals surface area (Å²) in [6.45, 7) is 9.62. The lowest BCUT2D eigenvalue weighted by molar-refractivity contribution is -0.134. The van der Waals surface area contributed by atoms with Crippen LogP contribution in [-0.4, -0.2) is 97.5 Å². The lowest BCUT2D eigenvalue weighted by Crippen LogP contribution is -2.54. The third kappa shape index (κ3) is 3.92. The van der Waals surface area contributed by atoms with E-state index in [1.165, 1.54) is 0 Å². The maximum atomic E-state index is 12.2. The monoisotopic (exact) mass is 279 g/mol. The van der Waals surface area contributed by atoms with Crippen LogP contribution in [0.1, 0.15) is 6.92 Å². The van der Waals surface area contributed by atoms with Gasteiger partial charge < -0.3 is 9.80 Å². The molecule has 0 aliphatic carbocycles. The maximum absolute atomic E-state index is 12.2. The smallest absolute Gasteiger partial charge is 0.236 e. The van der Waals surface area contributed by atoms with Crippen LogP contribution in [0.25, 0.3) is 0 Å². The number of amides is 1. The summed E-state index contributed by atoms with van der Waals surface area (Å²) in [6.07, 6.45) is 0. The van der Waals surface area contributed by atoms with Crippen LogP contribution in [0.5, 0.6) is 0 Å². The SMILES string of the molecule is CC(C#N)N1CCN(CC(=O)N2CCN(C)CC2)CC1. The molecule has 1 amide bonds. The van der Waals surface area contributed by atoms with Crippen molar-refractivity contribution in [2.75, 3.05) is 66.0 Å². The molecule has 2 rings (SSSR count). The highest BCUT2D eigenvalue weighted by atomic mass is 16.2. The number of rotatable bonds is 3. The van der Waals surface area contributed by atoms with Gasteiger partial charge in [0, 0.05) is 52.4 Å². The molecule has 0 bridgehead atoms. The largest absolute Gasteiger partial charge is 0.339 e. The van der Waals surface area contributed by atoms with Gasteiger partial charge in [-0.2, -0.15) is 5.26 Å². The van der Waals surface area contributed by atoms with Gasteiger partial charge in [0.15, 0.2) is 0 Å². The van der Waals surface area contributed by atoms with E-state index in [-0.39, 0.29) is 11.9 Å². The van der Waals surface area contributed by atoms with Gasteiger partial charge in [-0.05, 0) is 14.0 Å². The van der Waals surface area contributed by atoms with Crippen LogP contribution in [0.4, 0.5) is 0 Å². The number of nitriles is 1. The second-order valence-electron chi connectivity index (χ2n) is 5.80. The van der Waals surface area contributed by atoms with Gasteiger partial charge in [-0.15, -0.1) is 0 Å². The molecule has 2 aliphatic rings. The summed E-state index contributed by atoms with van der Waals surface area (Å²) in [4.78, 5) is 20.9. The van der Waals surface area contributed by atoms with Gasteiger partial charge in [-0.1, -0.05) is 0 Å². The highest BCUT2D eigenvalue weighted by Gasteiger charge is 2.25. The maximum Gasteiger partial charge on any atom is 0.236 e. The topological polar surface area (TPSA) is 53.8 Å². The Balaban J connectivity index is 1.72. The fourth-order valence-corrected chi connectivity index (χ4v) is 2.74. The molecular weight excluding hydrogens is 254 g/mol. The van der Waals surface area contributed by atoms with Crippen LogP contribution in [-0.2, 0) is 4.79 Å². The van der Waals surface area contributed by atoms with Crippen LogP contribution >= 0.6 is 0 Å². The molecule has 1 atom stereocenters. The number of carbonyl (C=O) groups excluding carboxylic acids is 1. The van der Waals surface area contributed by atoms with Crippen molar-refractivity contribution in [1.82, 2.24) is 19.6 Å². The van der Waals surface area contributed by atoms with Gasteiger partial charge in [-0.3, -0.25) is 14.6 Å². The molecule has 0 saturated carbocycles. The number of likely N-dealkylation sites (N-methyl/N-ethyl adjacent to an activating group) is 1. The lowest BCUT2D eigenvalue weighted by atomic mass is 10.2. The first-order chi connectivity index (χ1) is 9.60. The van der Waals surface area contributed by atoms with Crippen molar-refractivity contribution in [2.45, 2.75) is 13.0 Å². The molecule has 0 aromatic heterocycles. The molecule has 1 unspecified atom stereocenters. The predicted molar refractivity (Wildman–Crippen MR) is 77.2 cm³/mol. The molecule has 2 saturated heterocycles. The summed E-state index contributed by atoms with van der Waals surface area (Å²) < 4.78 is 0. The van der Waals surface area contributed by atoms with Crippen molar-refractivity contribution in [3.63, 3.8) is 0 Å². The van der Waals surface area contributed by atoms with Crippen LogP contribution < -0.4 is 0 Å². The molecular formula is C14H25N5O. The van der Waals surface area contributed by atoms with Gasteiger partial charge >= 0.3 is 0 Å².